The molecule has 0 aromatic carbocycles. The third kappa shape index (κ3) is 1.17. The topological polar surface area (TPSA) is 9.23 Å². The summed E-state index contributed by atoms with van der Waals surface area (Å²) in [6.45, 7) is 7.00. The predicted molar refractivity (Wildman–Crippen MR) is 41.6 cm³/mol. The van der Waals surface area contributed by atoms with Crippen LogP contribution in [0.5, 0.6) is 0 Å². The van der Waals surface area contributed by atoms with Gasteiger partial charge in [0.15, 0.2) is 0 Å². The molecule has 2 atom stereocenters. The third-order valence-corrected chi connectivity index (χ3v) is 2.41. The van der Waals surface area contributed by atoms with Gasteiger partial charge in [-0.25, -0.2) is 0 Å². The standard InChI is InChI=1S/C9H14O/c1-4-9(3)8(2)6-5-7-10-9/h8H,4,7H2,1-3H3. The zero-order chi connectivity index (χ0) is 7.61. The predicted octanol–water partition coefficient (Wildman–Crippen LogP) is 1.82. The Morgan fingerprint density at radius 2 is 2.40 bits per heavy atom. The van der Waals surface area contributed by atoms with Crippen molar-refractivity contribution < 1.29 is 4.74 Å². The Labute approximate surface area is 62.8 Å². The van der Waals surface area contributed by atoms with Crippen molar-refractivity contribution in [1.29, 1.82) is 0 Å². The van der Waals surface area contributed by atoms with Crippen LogP contribution >= 0.6 is 0 Å². The quantitative estimate of drug-likeness (QED) is 0.502. The molecule has 1 heterocycles. The van der Waals surface area contributed by atoms with Gasteiger partial charge in [0.25, 0.3) is 0 Å². The molecule has 10 heavy (non-hydrogen) atoms. The van der Waals surface area contributed by atoms with E-state index >= 15 is 0 Å². The van der Waals surface area contributed by atoms with Gasteiger partial charge in [-0.05, 0) is 20.3 Å². The van der Waals surface area contributed by atoms with Crippen molar-refractivity contribution in [2.75, 3.05) is 6.61 Å². The SMILES string of the molecule is CCC1(C)OCC#CC1C. The van der Waals surface area contributed by atoms with Crippen LogP contribution in [0, 0.1) is 17.8 Å². The average Bonchev–Trinajstić information content (AvgIpc) is 1.96. The van der Waals surface area contributed by atoms with E-state index in [0.29, 0.717) is 12.5 Å². The van der Waals surface area contributed by atoms with E-state index in [4.69, 9.17) is 4.74 Å². The molecule has 0 N–H and O–H groups in total. The second kappa shape index (κ2) is 2.64. The average molecular weight is 138 g/mol. The number of hydrogen-bond donors (Lipinski definition) is 0. The molecule has 0 saturated carbocycles. The maximum absolute atomic E-state index is 5.55. The minimum Gasteiger partial charge on any atom is -0.361 e. The highest BCUT2D eigenvalue weighted by atomic mass is 16.5. The highest BCUT2D eigenvalue weighted by molar-refractivity contribution is 5.11. The lowest BCUT2D eigenvalue weighted by Gasteiger charge is -2.33. The zero-order valence-electron chi connectivity index (χ0n) is 6.90. The molecule has 0 aromatic rings. The number of ether oxygens (including phenoxy) is 1. The third-order valence-electron chi connectivity index (χ3n) is 2.41. The first-order valence-corrected chi connectivity index (χ1v) is 3.81. The summed E-state index contributed by atoms with van der Waals surface area (Å²) in [6.07, 6.45) is 1.04. The van der Waals surface area contributed by atoms with Crippen molar-refractivity contribution in [3.63, 3.8) is 0 Å². The van der Waals surface area contributed by atoms with E-state index in [0.717, 1.165) is 6.42 Å². The van der Waals surface area contributed by atoms with Crippen LogP contribution in [0.1, 0.15) is 27.2 Å². The van der Waals surface area contributed by atoms with Gasteiger partial charge in [-0.1, -0.05) is 18.8 Å². The van der Waals surface area contributed by atoms with Gasteiger partial charge in [-0.15, -0.1) is 0 Å². The zero-order valence-corrected chi connectivity index (χ0v) is 6.90. The van der Waals surface area contributed by atoms with E-state index in [1.165, 1.54) is 0 Å². The van der Waals surface area contributed by atoms with Crippen LogP contribution in [-0.2, 0) is 4.74 Å². The lowest BCUT2D eigenvalue weighted by Crippen LogP contribution is -2.37. The first kappa shape index (κ1) is 7.63. The van der Waals surface area contributed by atoms with E-state index in [2.05, 4.69) is 32.6 Å². The summed E-state index contributed by atoms with van der Waals surface area (Å²) < 4.78 is 5.55. The lowest BCUT2D eigenvalue weighted by molar-refractivity contribution is -0.0463. The van der Waals surface area contributed by atoms with Crippen molar-refractivity contribution in [2.45, 2.75) is 32.8 Å². The Morgan fingerprint density at radius 1 is 1.70 bits per heavy atom. The smallest absolute Gasteiger partial charge is 0.108 e. The minimum atomic E-state index is 0.00521. The molecule has 0 aliphatic carbocycles. The summed E-state index contributed by atoms with van der Waals surface area (Å²) in [5.74, 6) is 6.48. The van der Waals surface area contributed by atoms with Gasteiger partial charge in [0, 0.05) is 5.92 Å². The van der Waals surface area contributed by atoms with Crippen LogP contribution in [0.4, 0.5) is 0 Å². The molecule has 0 amide bonds. The van der Waals surface area contributed by atoms with Crippen molar-refractivity contribution in [2.24, 2.45) is 5.92 Å². The Morgan fingerprint density at radius 3 is 2.80 bits per heavy atom. The normalized spacial score (nSPS) is 38.5. The van der Waals surface area contributed by atoms with E-state index in [1.54, 1.807) is 0 Å². The van der Waals surface area contributed by atoms with Crippen LogP contribution in [0.3, 0.4) is 0 Å². The van der Waals surface area contributed by atoms with Crippen LogP contribution in [0.25, 0.3) is 0 Å². The lowest BCUT2D eigenvalue weighted by atomic mass is 9.87. The van der Waals surface area contributed by atoms with Crippen LogP contribution in [0.15, 0.2) is 0 Å². The van der Waals surface area contributed by atoms with Gasteiger partial charge in [0.05, 0.1) is 5.60 Å². The molecule has 0 spiro atoms. The maximum atomic E-state index is 5.55. The molecule has 1 rings (SSSR count). The summed E-state index contributed by atoms with van der Waals surface area (Å²) in [6, 6.07) is 0. The molecule has 1 nitrogen and oxygen atoms in total. The summed E-state index contributed by atoms with van der Waals surface area (Å²) in [7, 11) is 0. The van der Waals surface area contributed by atoms with Gasteiger partial charge in [-0.3, -0.25) is 0 Å². The number of hydrogen-bond acceptors (Lipinski definition) is 1. The number of rotatable bonds is 1. The van der Waals surface area contributed by atoms with Gasteiger partial charge in [-0.2, -0.15) is 0 Å². The Balaban J connectivity index is 2.72. The van der Waals surface area contributed by atoms with Crippen molar-refractivity contribution in [1.82, 2.24) is 0 Å². The molecule has 1 aliphatic heterocycles. The van der Waals surface area contributed by atoms with Crippen molar-refractivity contribution >= 4 is 0 Å². The van der Waals surface area contributed by atoms with Gasteiger partial charge in [0.1, 0.15) is 6.61 Å². The monoisotopic (exact) mass is 138 g/mol. The Bertz CT molecular complexity index is 175. The highest BCUT2D eigenvalue weighted by Crippen LogP contribution is 2.26. The van der Waals surface area contributed by atoms with Crippen molar-refractivity contribution in [3.05, 3.63) is 0 Å². The summed E-state index contributed by atoms with van der Waals surface area (Å²) >= 11 is 0. The second-order valence-electron chi connectivity index (χ2n) is 3.00. The Hall–Kier alpha value is -0.480. The molecular weight excluding hydrogens is 124 g/mol. The van der Waals surface area contributed by atoms with Gasteiger partial charge < -0.3 is 4.74 Å². The fourth-order valence-corrected chi connectivity index (χ4v) is 1.08. The molecule has 56 valence electrons. The van der Waals surface area contributed by atoms with Crippen LogP contribution < -0.4 is 0 Å². The van der Waals surface area contributed by atoms with Gasteiger partial charge in [0.2, 0.25) is 0 Å². The Kier molecular flexibility index (Phi) is 2.01. The van der Waals surface area contributed by atoms with E-state index in [1.807, 2.05) is 0 Å². The molecule has 0 fully saturated rings. The molecule has 1 heteroatoms. The summed E-state index contributed by atoms with van der Waals surface area (Å²) in [4.78, 5) is 0. The van der Waals surface area contributed by atoms with E-state index < -0.39 is 0 Å². The fraction of sp³-hybridized carbons (Fsp3) is 0.778. The molecule has 0 radical (unpaired) electrons. The van der Waals surface area contributed by atoms with Crippen LogP contribution in [-0.4, -0.2) is 12.2 Å². The molecule has 0 saturated heterocycles. The first-order chi connectivity index (χ1) is 4.69. The maximum Gasteiger partial charge on any atom is 0.108 e. The highest BCUT2D eigenvalue weighted by Gasteiger charge is 2.30. The molecule has 2 unspecified atom stereocenters. The van der Waals surface area contributed by atoms with Crippen LogP contribution in [0.2, 0.25) is 0 Å². The minimum absolute atomic E-state index is 0.00521. The van der Waals surface area contributed by atoms with Gasteiger partial charge >= 0.3 is 0 Å². The second-order valence-corrected chi connectivity index (χ2v) is 3.00. The largest absolute Gasteiger partial charge is 0.361 e. The summed E-state index contributed by atoms with van der Waals surface area (Å²) in [5.41, 5.74) is 0.00521. The van der Waals surface area contributed by atoms with E-state index in [-0.39, 0.29) is 5.60 Å². The molecule has 0 aromatic heterocycles. The molecule has 1 aliphatic rings. The summed E-state index contributed by atoms with van der Waals surface area (Å²) in [5, 5.41) is 0. The first-order valence-electron chi connectivity index (χ1n) is 3.81. The fourth-order valence-electron chi connectivity index (χ4n) is 1.08. The van der Waals surface area contributed by atoms with Crippen molar-refractivity contribution in [3.8, 4) is 11.8 Å². The molecule has 0 bridgehead atoms. The van der Waals surface area contributed by atoms with E-state index in [9.17, 15) is 0 Å². The molecular formula is C9H14O.